The van der Waals surface area contributed by atoms with Crippen molar-refractivity contribution in [1.82, 2.24) is 25.4 Å². The Labute approximate surface area is 293 Å². The summed E-state index contributed by atoms with van der Waals surface area (Å²) in [6.07, 6.45) is 3.24. The van der Waals surface area contributed by atoms with Gasteiger partial charge in [0.25, 0.3) is 11.8 Å². The van der Waals surface area contributed by atoms with Crippen molar-refractivity contribution in [3.05, 3.63) is 113 Å². The highest BCUT2D eigenvalue weighted by Gasteiger charge is 2.25. The van der Waals surface area contributed by atoms with Crippen LogP contribution in [0, 0.1) is 11.6 Å². The number of halogens is 2. The summed E-state index contributed by atoms with van der Waals surface area (Å²) in [5.74, 6) is -2.08. The number of nitrogens with zero attached hydrogens (tertiary/aromatic N) is 3. The van der Waals surface area contributed by atoms with Crippen molar-refractivity contribution < 1.29 is 27.9 Å². The van der Waals surface area contributed by atoms with Crippen LogP contribution in [0.2, 0.25) is 0 Å². The van der Waals surface area contributed by atoms with Gasteiger partial charge in [-0.15, -0.1) is 0 Å². The lowest BCUT2D eigenvalue weighted by Crippen LogP contribution is -2.48. The van der Waals surface area contributed by atoms with Crippen molar-refractivity contribution in [2.75, 3.05) is 32.7 Å². The summed E-state index contributed by atoms with van der Waals surface area (Å²) >= 11 is 0. The highest BCUT2D eigenvalue weighted by Crippen LogP contribution is 2.23. The monoisotopic (exact) mass is 689 g/mol. The molecule has 4 rings (SSSR count). The van der Waals surface area contributed by atoms with E-state index in [4.69, 9.17) is 4.42 Å². The van der Waals surface area contributed by atoms with Crippen LogP contribution in [-0.2, 0) is 19.5 Å². The Morgan fingerprint density at radius 2 is 1.56 bits per heavy atom. The molecule has 3 aromatic carbocycles. The third kappa shape index (κ3) is 11.0. The SMILES string of the molecule is CCCN(CCC)C(=O)c1cc(C(=O)NC(Cc2cc(F)cc(F)c2)C(O)CNCc2cccc(CN(CC)CC)c2)cc(-c2ncco2)c1. The Kier molecular flexibility index (Phi) is 14.6. The summed E-state index contributed by atoms with van der Waals surface area (Å²) in [5.41, 5.74) is 3.38. The second kappa shape index (κ2) is 19.1. The van der Waals surface area contributed by atoms with E-state index in [2.05, 4.69) is 46.5 Å². The van der Waals surface area contributed by atoms with Gasteiger partial charge in [-0.2, -0.15) is 0 Å². The molecule has 4 aromatic rings. The van der Waals surface area contributed by atoms with Gasteiger partial charge in [-0.05, 0) is 79.4 Å². The first-order valence-electron chi connectivity index (χ1n) is 17.4. The van der Waals surface area contributed by atoms with Crippen LogP contribution >= 0.6 is 0 Å². The molecule has 0 saturated heterocycles. The number of benzene rings is 3. The van der Waals surface area contributed by atoms with Gasteiger partial charge in [-0.25, -0.2) is 13.8 Å². The van der Waals surface area contributed by atoms with E-state index < -0.39 is 29.7 Å². The van der Waals surface area contributed by atoms with Crippen LogP contribution < -0.4 is 10.6 Å². The summed E-state index contributed by atoms with van der Waals surface area (Å²) in [7, 11) is 0. The predicted molar refractivity (Wildman–Crippen MR) is 191 cm³/mol. The molecule has 50 heavy (non-hydrogen) atoms. The Balaban J connectivity index is 1.57. The van der Waals surface area contributed by atoms with Gasteiger partial charge in [0.05, 0.1) is 18.3 Å². The number of carbonyl (C=O) groups excluding carboxylic acids is 2. The van der Waals surface area contributed by atoms with Gasteiger partial charge >= 0.3 is 0 Å². The molecule has 0 aliphatic heterocycles. The van der Waals surface area contributed by atoms with Crippen LogP contribution in [0.15, 0.2) is 77.5 Å². The molecule has 0 radical (unpaired) electrons. The lowest BCUT2D eigenvalue weighted by Gasteiger charge is -2.26. The smallest absolute Gasteiger partial charge is 0.253 e. The first kappa shape index (κ1) is 38.4. The number of aromatic nitrogens is 1. The molecule has 11 heteroatoms. The maximum Gasteiger partial charge on any atom is 0.253 e. The highest BCUT2D eigenvalue weighted by atomic mass is 19.1. The zero-order chi connectivity index (χ0) is 36.0. The molecule has 0 bridgehead atoms. The van der Waals surface area contributed by atoms with Gasteiger partial charge in [-0.3, -0.25) is 14.5 Å². The first-order chi connectivity index (χ1) is 24.1. The van der Waals surface area contributed by atoms with Crippen LogP contribution in [-0.4, -0.2) is 76.6 Å². The largest absolute Gasteiger partial charge is 0.445 e. The van der Waals surface area contributed by atoms with Crippen molar-refractivity contribution in [2.24, 2.45) is 0 Å². The summed E-state index contributed by atoms with van der Waals surface area (Å²) < 4.78 is 33.8. The van der Waals surface area contributed by atoms with Gasteiger partial charge in [0.1, 0.15) is 17.9 Å². The number of oxazole rings is 1. The number of aliphatic hydroxyl groups excluding tert-OH is 1. The lowest BCUT2D eigenvalue weighted by atomic mass is 9.99. The summed E-state index contributed by atoms with van der Waals surface area (Å²) in [6, 6.07) is 15.1. The molecular formula is C39H49F2N5O4. The number of hydrogen-bond donors (Lipinski definition) is 3. The number of carbonyl (C=O) groups is 2. The molecular weight excluding hydrogens is 640 g/mol. The maximum atomic E-state index is 14.2. The molecule has 1 aromatic heterocycles. The third-order valence-corrected chi connectivity index (χ3v) is 8.53. The Bertz CT molecular complexity index is 1650. The molecule has 3 N–H and O–H groups in total. The van der Waals surface area contributed by atoms with Gasteiger partial charge in [0, 0.05) is 55.5 Å². The van der Waals surface area contributed by atoms with Gasteiger partial charge in [-0.1, -0.05) is 52.0 Å². The fourth-order valence-electron chi connectivity index (χ4n) is 5.98. The second-order valence-electron chi connectivity index (χ2n) is 12.5. The standard InChI is InChI=1S/C39H49F2N5O4/c1-5-13-46(14-6-2)39(49)32-21-30(20-31(22-32)38-43-12-15-50-38)37(48)44-35(19-29-17-33(40)23-34(41)18-29)36(47)25-42-24-27-10-9-11-28(16-27)26-45(7-3)8-4/h9-12,15-18,20-23,35-36,42,47H,5-8,13-14,19,24-26H2,1-4H3,(H,44,48). The van der Waals surface area contributed by atoms with Gasteiger partial charge in [0.2, 0.25) is 5.89 Å². The molecule has 1 heterocycles. The minimum atomic E-state index is -1.13. The van der Waals surface area contributed by atoms with E-state index in [0.29, 0.717) is 30.8 Å². The summed E-state index contributed by atoms with van der Waals surface area (Å²) in [4.78, 5) is 35.8. The quantitative estimate of drug-likeness (QED) is 0.107. The summed E-state index contributed by atoms with van der Waals surface area (Å²) in [5, 5.41) is 17.5. The average Bonchev–Trinajstić information content (AvgIpc) is 3.65. The van der Waals surface area contributed by atoms with Crippen molar-refractivity contribution in [2.45, 2.75) is 72.2 Å². The van der Waals surface area contributed by atoms with Crippen molar-refractivity contribution >= 4 is 11.8 Å². The highest BCUT2D eigenvalue weighted by molar-refractivity contribution is 6.01. The van der Waals surface area contributed by atoms with E-state index in [1.54, 1.807) is 17.0 Å². The van der Waals surface area contributed by atoms with Crippen molar-refractivity contribution in [3.63, 3.8) is 0 Å². The molecule has 0 aliphatic rings. The van der Waals surface area contributed by atoms with E-state index in [9.17, 15) is 23.5 Å². The molecule has 2 unspecified atom stereocenters. The third-order valence-electron chi connectivity index (χ3n) is 8.53. The van der Waals surface area contributed by atoms with Crippen LogP contribution in [0.4, 0.5) is 8.78 Å². The molecule has 0 saturated carbocycles. The van der Waals surface area contributed by atoms with Crippen LogP contribution in [0.25, 0.3) is 11.5 Å². The van der Waals surface area contributed by atoms with Gasteiger partial charge in [0.15, 0.2) is 0 Å². The number of aliphatic hydroxyl groups is 1. The second-order valence-corrected chi connectivity index (χ2v) is 12.5. The van der Waals surface area contributed by atoms with E-state index in [1.165, 1.54) is 36.2 Å². The Morgan fingerprint density at radius 1 is 0.880 bits per heavy atom. The molecule has 0 spiro atoms. The Morgan fingerprint density at radius 3 is 2.20 bits per heavy atom. The number of nitrogens with one attached hydrogen (secondary N) is 2. The van der Waals surface area contributed by atoms with Crippen LogP contribution in [0.5, 0.6) is 0 Å². The maximum absolute atomic E-state index is 14.2. The molecule has 0 fully saturated rings. The zero-order valence-corrected chi connectivity index (χ0v) is 29.4. The molecule has 268 valence electrons. The number of amides is 2. The first-order valence-corrected chi connectivity index (χ1v) is 17.4. The van der Waals surface area contributed by atoms with Crippen LogP contribution in [0.1, 0.15) is 77.9 Å². The minimum Gasteiger partial charge on any atom is -0.445 e. The minimum absolute atomic E-state index is 0.0470. The average molecular weight is 690 g/mol. The predicted octanol–water partition coefficient (Wildman–Crippen LogP) is 6.22. The molecule has 2 amide bonds. The number of rotatable bonds is 19. The topological polar surface area (TPSA) is 111 Å². The number of hydrogen-bond acceptors (Lipinski definition) is 7. The Hall–Kier alpha value is -4.45. The van der Waals surface area contributed by atoms with Crippen LogP contribution in [0.3, 0.4) is 0 Å². The van der Waals surface area contributed by atoms with E-state index >= 15 is 0 Å². The molecule has 2 atom stereocenters. The van der Waals surface area contributed by atoms with E-state index in [0.717, 1.165) is 44.1 Å². The molecule has 0 aliphatic carbocycles. The fraction of sp³-hybridized carbons (Fsp3) is 0.410. The van der Waals surface area contributed by atoms with E-state index in [1.807, 2.05) is 26.0 Å². The lowest BCUT2D eigenvalue weighted by molar-refractivity contribution is 0.0755. The van der Waals surface area contributed by atoms with Crippen molar-refractivity contribution in [3.8, 4) is 11.5 Å². The summed E-state index contributed by atoms with van der Waals surface area (Å²) in [6.45, 7) is 12.7. The van der Waals surface area contributed by atoms with Crippen molar-refractivity contribution in [1.29, 1.82) is 0 Å². The zero-order valence-electron chi connectivity index (χ0n) is 29.4. The molecule has 9 nitrogen and oxygen atoms in total. The van der Waals surface area contributed by atoms with E-state index in [-0.39, 0.29) is 35.9 Å². The normalized spacial score (nSPS) is 12.6. The fourth-order valence-corrected chi connectivity index (χ4v) is 5.98. The van der Waals surface area contributed by atoms with Gasteiger partial charge < -0.3 is 25.1 Å².